The summed E-state index contributed by atoms with van der Waals surface area (Å²) >= 11 is 1.96. The standard InChI is InChI=1S/C49H37NS2Si/c1-52-44-21-9-7-16-38(44)40-18-11-19-42(49(40)52)50(33-24-22-32(23-25-33)36-17-10-13-31-12-4-5-14-35(31)36)34-26-27-41-46(30-34)53(2,3)45-29-28-39-37-15-6-8-20-43(37)51-48(39)47(41)45/h4-30,53H,1-3H3. The van der Waals surface area contributed by atoms with Crippen molar-refractivity contribution in [1.29, 1.82) is 0 Å². The number of hydrogen-bond donors (Lipinski definition) is 0. The van der Waals surface area contributed by atoms with Crippen molar-refractivity contribution in [1.82, 2.24) is 0 Å². The van der Waals surface area contributed by atoms with E-state index in [0.29, 0.717) is 0 Å². The van der Waals surface area contributed by atoms with Gasteiger partial charge in [-0.05, 0) is 0 Å². The molecule has 2 aromatic heterocycles. The van der Waals surface area contributed by atoms with E-state index in [1.54, 1.807) is 10.4 Å². The molecule has 0 fully saturated rings. The summed E-state index contributed by atoms with van der Waals surface area (Å²) in [5.74, 6) is 0. The Morgan fingerprint density at radius 3 is 2.09 bits per heavy atom. The summed E-state index contributed by atoms with van der Waals surface area (Å²) in [7, 11) is -2.44. The van der Waals surface area contributed by atoms with E-state index in [1.165, 1.54) is 90.4 Å². The Morgan fingerprint density at radius 1 is 0.528 bits per heavy atom. The van der Waals surface area contributed by atoms with Crippen LogP contribution in [0.5, 0.6) is 0 Å². The predicted octanol–water partition coefficient (Wildman–Crippen LogP) is 13.5. The first-order valence-corrected chi connectivity index (χ1v) is 24.5. The van der Waals surface area contributed by atoms with Gasteiger partial charge in [0.2, 0.25) is 0 Å². The van der Waals surface area contributed by atoms with Crippen molar-refractivity contribution in [2.24, 2.45) is 6.26 Å². The van der Waals surface area contributed by atoms with Crippen LogP contribution in [-0.4, -0.2) is 8.07 Å². The van der Waals surface area contributed by atoms with Crippen molar-refractivity contribution >= 4 is 108 Å². The Balaban J connectivity index is 1.13. The SMILES string of the molecule is C[s+]1c2ccccc2c2cccc(N(c3ccc(-c4cccc5ccccc45)cc3)c3ccc4c(c3)[SiH-](C)(C)c3ccc5c(sc6ccccc65)c3-4)c21. The van der Waals surface area contributed by atoms with Gasteiger partial charge < -0.3 is 0 Å². The monoisotopic (exact) mass is 731 g/mol. The predicted molar refractivity (Wildman–Crippen MR) is 239 cm³/mol. The molecule has 8 aromatic carbocycles. The first-order valence-electron chi connectivity index (χ1n) is 18.6. The second-order valence-corrected chi connectivity index (χ2v) is 23.1. The van der Waals surface area contributed by atoms with E-state index >= 15 is 0 Å². The molecule has 3 heterocycles. The van der Waals surface area contributed by atoms with Crippen LogP contribution in [0, 0.1) is 0 Å². The summed E-state index contributed by atoms with van der Waals surface area (Å²) in [4.78, 5) is 2.55. The van der Waals surface area contributed by atoms with Gasteiger partial charge in [0.25, 0.3) is 0 Å². The van der Waals surface area contributed by atoms with E-state index in [2.05, 4.69) is 188 Å². The summed E-state index contributed by atoms with van der Waals surface area (Å²) < 4.78 is 5.68. The molecule has 0 N–H and O–H groups in total. The van der Waals surface area contributed by atoms with E-state index in [4.69, 9.17) is 0 Å². The Morgan fingerprint density at radius 2 is 1.23 bits per heavy atom. The fourth-order valence-corrected chi connectivity index (χ4v) is 16.3. The summed E-state index contributed by atoms with van der Waals surface area (Å²) in [5, 5.41) is 11.2. The number of hydrogen-bond acceptors (Lipinski definition) is 2. The second kappa shape index (κ2) is 11.5. The number of rotatable bonds is 4. The third kappa shape index (κ3) is 4.47. The third-order valence-electron chi connectivity index (χ3n) is 12.0. The van der Waals surface area contributed by atoms with Gasteiger partial charge in [-0.3, -0.25) is 0 Å². The molecule has 10 aromatic rings. The molecule has 0 bridgehead atoms. The van der Waals surface area contributed by atoms with Crippen LogP contribution in [0.15, 0.2) is 164 Å². The topological polar surface area (TPSA) is 3.24 Å². The second-order valence-electron chi connectivity index (χ2n) is 15.2. The first-order chi connectivity index (χ1) is 26.0. The molecule has 1 nitrogen and oxygen atoms in total. The van der Waals surface area contributed by atoms with E-state index in [-0.39, 0.29) is 10.5 Å². The molecule has 0 amide bonds. The van der Waals surface area contributed by atoms with Gasteiger partial charge in [-0.2, -0.15) is 0 Å². The van der Waals surface area contributed by atoms with Crippen LogP contribution in [0.4, 0.5) is 17.1 Å². The van der Waals surface area contributed by atoms with Gasteiger partial charge in [0.1, 0.15) is 0 Å². The van der Waals surface area contributed by atoms with Crippen LogP contribution in [0.25, 0.3) is 73.4 Å². The van der Waals surface area contributed by atoms with Crippen LogP contribution in [-0.2, 0) is 6.26 Å². The number of benzene rings is 8. The van der Waals surface area contributed by atoms with E-state index < -0.39 is 8.07 Å². The van der Waals surface area contributed by atoms with Crippen molar-refractivity contribution in [3.63, 3.8) is 0 Å². The van der Waals surface area contributed by atoms with Crippen LogP contribution < -0.4 is 15.3 Å². The Hall–Kier alpha value is -5.52. The molecule has 254 valence electrons. The molecule has 0 radical (unpaired) electrons. The normalized spacial score (nSPS) is 14.3. The van der Waals surface area contributed by atoms with Gasteiger partial charge in [0, 0.05) is 0 Å². The minimum atomic E-state index is -2.38. The van der Waals surface area contributed by atoms with Crippen LogP contribution >= 0.6 is 21.8 Å². The Kier molecular flexibility index (Phi) is 6.73. The average molecular weight is 732 g/mol. The Labute approximate surface area is 317 Å². The summed E-state index contributed by atoms with van der Waals surface area (Å²) in [6.07, 6.45) is 2.41. The zero-order valence-electron chi connectivity index (χ0n) is 29.9. The molecule has 1 atom stereocenters. The van der Waals surface area contributed by atoms with Gasteiger partial charge in [-0.25, -0.2) is 0 Å². The van der Waals surface area contributed by atoms with Crippen LogP contribution in [0.2, 0.25) is 13.1 Å². The summed E-state index contributed by atoms with van der Waals surface area (Å²) in [6.45, 7) is 5.15. The number of fused-ring (bicyclic) bond motifs is 11. The fraction of sp³-hybridized carbons (Fsp3) is 0.0612. The molecule has 1 unspecified atom stereocenters. The first kappa shape index (κ1) is 31.0. The van der Waals surface area contributed by atoms with Crippen LogP contribution in [0.3, 0.4) is 0 Å². The van der Waals surface area contributed by atoms with Gasteiger partial charge in [0.15, 0.2) is 0 Å². The number of nitrogens with zero attached hydrogens (tertiary/aromatic N) is 1. The van der Waals surface area contributed by atoms with E-state index in [9.17, 15) is 0 Å². The number of thiophene rings is 2. The zero-order valence-corrected chi connectivity index (χ0v) is 32.7. The maximum absolute atomic E-state index is 2.57. The van der Waals surface area contributed by atoms with Gasteiger partial charge >= 0.3 is 313 Å². The quantitative estimate of drug-likeness (QED) is 0.129. The number of aryl methyl sites for hydroxylation is 1. The molecule has 0 spiro atoms. The minimum absolute atomic E-state index is 0.0528. The molecular weight excluding hydrogens is 695 g/mol. The maximum atomic E-state index is 2.57. The summed E-state index contributed by atoms with van der Waals surface area (Å²) in [5.41, 5.74) is 9.10. The Bertz CT molecular complexity index is 3110. The molecule has 4 heteroatoms. The molecule has 11 rings (SSSR count). The average Bonchev–Trinajstić information content (AvgIpc) is 3.80. The van der Waals surface area contributed by atoms with E-state index in [0.717, 1.165) is 0 Å². The molecule has 0 saturated heterocycles. The molecule has 1 aliphatic heterocycles. The van der Waals surface area contributed by atoms with Crippen molar-refractivity contribution < 1.29 is 0 Å². The molecular formula is C49H37NS2Si. The fourth-order valence-electron chi connectivity index (χ4n) is 9.36. The van der Waals surface area contributed by atoms with Crippen molar-refractivity contribution in [2.75, 3.05) is 4.90 Å². The van der Waals surface area contributed by atoms with Gasteiger partial charge in [0.05, 0.1) is 0 Å². The molecule has 1 aliphatic rings. The molecule has 53 heavy (non-hydrogen) atoms. The van der Waals surface area contributed by atoms with Gasteiger partial charge in [-0.15, -0.1) is 0 Å². The van der Waals surface area contributed by atoms with Crippen LogP contribution in [0.1, 0.15) is 0 Å². The van der Waals surface area contributed by atoms with E-state index in [1.807, 2.05) is 11.3 Å². The third-order valence-corrected chi connectivity index (χ3v) is 19.3. The van der Waals surface area contributed by atoms with Gasteiger partial charge in [-0.1, -0.05) is 6.07 Å². The van der Waals surface area contributed by atoms with Crippen molar-refractivity contribution in [3.05, 3.63) is 164 Å². The molecule has 0 saturated carbocycles. The molecule has 0 aliphatic carbocycles. The zero-order chi connectivity index (χ0) is 35.4. The summed E-state index contributed by atoms with van der Waals surface area (Å²) in [6, 6.07) is 61.7. The number of anilines is 3. The van der Waals surface area contributed by atoms with Crippen molar-refractivity contribution in [2.45, 2.75) is 13.1 Å². The van der Waals surface area contributed by atoms with Crippen molar-refractivity contribution in [3.8, 4) is 22.3 Å².